The van der Waals surface area contributed by atoms with E-state index in [0.717, 1.165) is 17.7 Å². The lowest BCUT2D eigenvalue weighted by Gasteiger charge is -2.10. The second-order valence-electron chi connectivity index (χ2n) is 3.74. The van der Waals surface area contributed by atoms with Crippen LogP contribution in [-0.4, -0.2) is 17.6 Å². The highest BCUT2D eigenvalue weighted by Crippen LogP contribution is 2.20. The highest BCUT2D eigenvalue weighted by atomic mass is 16.5. The third-order valence-corrected chi connectivity index (χ3v) is 2.52. The number of hydrogen-bond donors (Lipinski definition) is 2. The monoisotopic (exact) mass is 222 g/mol. The summed E-state index contributed by atoms with van der Waals surface area (Å²) in [6, 6.07) is 5.98. The maximum atomic E-state index is 8.35. The summed E-state index contributed by atoms with van der Waals surface area (Å²) in [6.45, 7) is 4.66. The average molecular weight is 222 g/mol. The number of ether oxygens (including phenoxy) is 1. The summed E-state index contributed by atoms with van der Waals surface area (Å²) in [6.07, 6.45) is 1.28. The fourth-order valence-electron chi connectivity index (χ4n) is 1.37. The van der Waals surface area contributed by atoms with E-state index in [9.17, 15) is 0 Å². The van der Waals surface area contributed by atoms with E-state index in [4.69, 9.17) is 15.7 Å². The van der Waals surface area contributed by atoms with Crippen molar-refractivity contribution < 1.29 is 9.94 Å². The molecule has 0 saturated carbocycles. The summed E-state index contributed by atoms with van der Waals surface area (Å²) in [5, 5.41) is 11.3. The van der Waals surface area contributed by atoms with Crippen LogP contribution < -0.4 is 10.5 Å². The van der Waals surface area contributed by atoms with Gasteiger partial charge in [-0.3, -0.25) is 0 Å². The van der Waals surface area contributed by atoms with Crippen molar-refractivity contribution in [3.8, 4) is 5.75 Å². The molecule has 0 unspecified atom stereocenters. The molecule has 0 heterocycles. The van der Waals surface area contributed by atoms with E-state index < -0.39 is 0 Å². The molecule has 0 aliphatic heterocycles. The largest absolute Gasteiger partial charge is 0.493 e. The standard InChI is InChI=1S/C12H18N2O2/c1-9-5-3-6-11(10(9)2)16-8-4-7-12(13)14-15/h3,5-6,15H,4,7-8H2,1-2H3,(H2,13,14). The van der Waals surface area contributed by atoms with E-state index in [1.165, 1.54) is 5.56 Å². The van der Waals surface area contributed by atoms with Gasteiger partial charge in [-0.25, -0.2) is 0 Å². The van der Waals surface area contributed by atoms with Gasteiger partial charge in [-0.1, -0.05) is 17.3 Å². The number of benzene rings is 1. The molecule has 0 fully saturated rings. The number of nitrogens with zero attached hydrogens (tertiary/aromatic N) is 1. The zero-order chi connectivity index (χ0) is 12.0. The van der Waals surface area contributed by atoms with Crippen molar-refractivity contribution in [3.05, 3.63) is 29.3 Å². The summed E-state index contributed by atoms with van der Waals surface area (Å²) in [4.78, 5) is 0. The predicted octanol–water partition coefficient (Wildman–Crippen LogP) is 2.21. The van der Waals surface area contributed by atoms with Crippen molar-refractivity contribution in [2.24, 2.45) is 10.9 Å². The second kappa shape index (κ2) is 6.00. The molecule has 4 heteroatoms. The quantitative estimate of drug-likeness (QED) is 0.264. The smallest absolute Gasteiger partial charge is 0.139 e. The number of nitrogens with two attached hydrogens (primary N) is 1. The topological polar surface area (TPSA) is 67.8 Å². The van der Waals surface area contributed by atoms with Crippen molar-refractivity contribution in [1.29, 1.82) is 0 Å². The van der Waals surface area contributed by atoms with E-state index in [1.807, 2.05) is 19.1 Å². The Morgan fingerprint density at radius 2 is 2.19 bits per heavy atom. The molecule has 3 N–H and O–H groups in total. The second-order valence-corrected chi connectivity index (χ2v) is 3.74. The zero-order valence-corrected chi connectivity index (χ0v) is 9.73. The van der Waals surface area contributed by atoms with Gasteiger partial charge in [0.05, 0.1) is 6.61 Å². The predicted molar refractivity (Wildman–Crippen MR) is 64.1 cm³/mol. The van der Waals surface area contributed by atoms with Crippen molar-refractivity contribution >= 4 is 5.84 Å². The molecule has 0 amide bonds. The molecule has 0 radical (unpaired) electrons. The van der Waals surface area contributed by atoms with E-state index in [0.29, 0.717) is 13.0 Å². The Labute approximate surface area is 95.7 Å². The van der Waals surface area contributed by atoms with Gasteiger partial charge in [0.15, 0.2) is 0 Å². The summed E-state index contributed by atoms with van der Waals surface area (Å²) >= 11 is 0. The van der Waals surface area contributed by atoms with Gasteiger partial charge in [0.25, 0.3) is 0 Å². The lowest BCUT2D eigenvalue weighted by atomic mass is 10.1. The first-order chi connectivity index (χ1) is 7.65. The Morgan fingerprint density at radius 3 is 2.88 bits per heavy atom. The summed E-state index contributed by atoms with van der Waals surface area (Å²) in [7, 11) is 0. The van der Waals surface area contributed by atoms with Crippen LogP contribution in [0.2, 0.25) is 0 Å². The Hall–Kier alpha value is -1.71. The average Bonchev–Trinajstić information content (AvgIpc) is 2.29. The number of aryl methyl sites for hydroxylation is 1. The van der Waals surface area contributed by atoms with E-state index in [2.05, 4.69) is 18.1 Å². The summed E-state index contributed by atoms with van der Waals surface area (Å²) in [5.41, 5.74) is 7.73. The molecule has 0 aliphatic carbocycles. The van der Waals surface area contributed by atoms with Crippen LogP contribution in [0.1, 0.15) is 24.0 Å². The Morgan fingerprint density at radius 1 is 1.44 bits per heavy atom. The van der Waals surface area contributed by atoms with Crippen LogP contribution in [0.25, 0.3) is 0 Å². The Balaban J connectivity index is 2.41. The lowest BCUT2D eigenvalue weighted by Crippen LogP contribution is -2.13. The third-order valence-electron chi connectivity index (χ3n) is 2.52. The van der Waals surface area contributed by atoms with Gasteiger partial charge in [-0.15, -0.1) is 0 Å². The molecule has 1 rings (SSSR count). The molecular weight excluding hydrogens is 204 g/mol. The van der Waals surface area contributed by atoms with Crippen molar-refractivity contribution in [3.63, 3.8) is 0 Å². The molecule has 0 spiro atoms. The molecule has 16 heavy (non-hydrogen) atoms. The van der Waals surface area contributed by atoms with Crippen LogP contribution in [-0.2, 0) is 0 Å². The first kappa shape index (κ1) is 12.4. The Kier molecular flexibility index (Phi) is 4.64. The van der Waals surface area contributed by atoms with Gasteiger partial charge < -0.3 is 15.7 Å². The van der Waals surface area contributed by atoms with Crippen LogP contribution in [0.4, 0.5) is 0 Å². The molecule has 0 atom stereocenters. The van der Waals surface area contributed by atoms with Crippen LogP contribution in [0.5, 0.6) is 5.75 Å². The van der Waals surface area contributed by atoms with Crippen molar-refractivity contribution in [2.75, 3.05) is 6.61 Å². The first-order valence-electron chi connectivity index (χ1n) is 5.30. The molecular formula is C12H18N2O2. The molecule has 88 valence electrons. The Bertz CT molecular complexity index is 375. The number of oxime groups is 1. The normalized spacial score (nSPS) is 11.5. The minimum atomic E-state index is 0.240. The SMILES string of the molecule is Cc1cccc(OCCC/C(N)=N/O)c1C. The van der Waals surface area contributed by atoms with Crippen LogP contribution >= 0.6 is 0 Å². The van der Waals surface area contributed by atoms with Gasteiger partial charge in [0.1, 0.15) is 11.6 Å². The number of hydrogen-bond acceptors (Lipinski definition) is 3. The van der Waals surface area contributed by atoms with E-state index >= 15 is 0 Å². The molecule has 0 bridgehead atoms. The summed E-state index contributed by atoms with van der Waals surface area (Å²) < 4.78 is 5.62. The van der Waals surface area contributed by atoms with Crippen molar-refractivity contribution in [1.82, 2.24) is 0 Å². The fraction of sp³-hybridized carbons (Fsp3) is 0.417. The lowest BCUT2D eigenvalue weighted by molar-refractivity contribution is 0.304. The highest BCUT2D eigenvalue weighted by Gasteiger charge is 2.01. The van der Waals surface area contributed by atoms with Gasteiger partial charge in [-0.2, -0.15) is 0 Å². The fourth-order valence-corrected chi connectivity index (χ4v) is 1.37. The van der Waals surface area contributed by atoms with Gasteiger partial charge >= 0.3 is 0 Å². The molecule has 4 nitrogen and oxygen atoms in total. The van der Waals surface area contributed by atoms with E-state index in [1.54, 1.807) is 0 Å². The van der Waals surface area contributed by atoms with Crippen molar-refractivity contribution in [2.45, 2.75) is 26.7 Å². The third kappa shape index (κ3) is 3.46. The van der Waals surface area contributed by atoms with Gasteiger partial charge in [0.2, 0.25) is 0 Å². The molecule has 0 aromatic heterocycles. The molecule has 1 aromatic rings. The van der Waals surface area contributed by atoms with E-state index in [-0.39, 0.29) is 5.84 Å². The first-order valence-corrected chi connectivity index (χ1v) is 5.30. The maximum Gasteiger partial charge on any atom is 0.139 e. The maximum absolute atomic E-state index is 8.35. The highest BCUT2D eigenvalue weighted by molar-refractivity contribution is 5.79. The van der Waals surface area contributed by atoms with Crippen LogP contribution in [0, 0.1) is 13.8 Å². The van der Waals surface area contributed by atoms with Gasteiger partial charge in [-0.05, 0) is 37.5 Å². The molecule has 0 aliphatic rings. The number of rotatable bonds is 5. The van der Waals surface area contributed by atoms with Crippen LogP contribution in [0.15, 0.2) is 23.4 Å². The number of amidine groups is 1. The molecule has 0 saturated heterocycles. The summed E-state index contributed by atoms with van der Waals surface area (Å²) in [5.74, 6) is 1.14. The minimum absolute atomic E-state index is 0.240. The minimum Gasteiger partial charge on any atom is -0.493 e. The van der Waals surface area contributed by atoms with Gasteiger partial charge in [0, 0.05) is 6.42 Å². The zero-order valence-electron chi connectivity index (χ0n) is 9.73. The molecule has 1 aromatic carbocycles. The van der Waals surface area contributed by atoms with Crippen LogP contribution in [0.3, 0.4) is 0 Å².